The van der Waals surface area contributed by atoms with E-state index in [1.165, 1.54) is 18.4 Å². The molecule has 3 aromatic rings. The van der Waals surface area contributed by atoms with E-state index in [-0.39, 0.29) is 23.1 Å². The number of benzene rings is 1. The molecule has 0 spiro atoms. The van der Waals surface area contributed by atoms with Crippen molar-refractivity contribution in [1.29, 1.82) is 0 Å². The number of para-hydroxylation sites is 1. The molecule has 0 aliphatic rings. The van der Waals surface area contributed by atoms with Crippen LogP contribution in [0.5, 0.6) is 0 Å². The molecule has 7 heteroatoms. The van der Waals surface area contributed by atoms with Crippen LogP contribution in [0.2, 0.25) is 0 Å². The van der Waals surface area contributed by atoms with Gasteiger partial charge in [-0.2, -0.15) is 0 Å². The molecule has 0 saturated carbocycles. The minimum absolute atomic E-state index is 0.0173. The van der Waals surface area contributed by atoms with Crippen LogP contribution in [-0.2, 0) is 6.54 Å². The number of carbonyl (C=O) groups is 1. The zero-order chi connectivity index (χ0) is 15.0. The second-order valence-corrected chi connectivity index (χ2v) is 4.43. The minimum atomic E-state index is -1.18. The van der Waals surface area contributed by atoms with Gasteiger partial charge >= 0.3 is 17.1 Å². The highest BCUT2D eigenvalue weighted by molar-refractivity contribution is 6.00. The van der Waals surface area contributed by atoms with Crippen molar-refractivity contribution in [2.45, 2.75) is 6.54 Å². The molecule has 0 atom stereocenters. The second-order valence-electron chi connectivity index (χ2n) is 4.43. The number of aromatic carboxylic acids is 1. The molecule has 21 heavy (non-hydrogen) atoms. The van der Waals surface area contributed by atoms with E-state index in [4.69, 9.17) is 4.42 Å². The molecule has 0 aliphatic carbocycles. The quantitative estimate of drug-likeness (QED) is 0.699. The van der Waals surface area contributed by atoms with E-state index >= 15 is 0 Å². The first-order valence-corrected chi connectivity index (χ1v) is 6.09. The number of nitrogens with zero attached hydrogens (tertiary/aromatic N) is 1. The smallest absolute Gasteiger partial charge is 0.337 e. The van der Waals surface area contributed by atoms with Gasteiger partial charge in [0.2, 0.25) is 0 Å². The van der Waals surface area contributed by atoms with Crippen molar-refractivity contribution in [2.75, 3.05) is 0 Å². The number of H-pyrrole nitrogens is 1. The van der Waals surface area contributed by atoms with Crippen LogP contribution >= 0.6 is 0 Å². The Balaban J connectivity index is 2.39. The van der Waals surface area contributed by atoms with Crippen LogP contribution in [0.25, 0.3) is 11.0 Å². The summed E-state index contributed by atoms with van der Waals surface area (Å²) in [5.41, 5.74) is -1.26. The molecule has 2 N–H and O–H groups in total. The summed E-state index contributed by atoms with van der Waals surface area (Å²) in [5.74, 6) is -0.732. The molecule has 0 bridgehead atoms. The summed E-state index contributed by atoms with van der Waals surface area (Å²) in [6.45, 7) is -0.0173. The van der Waals surface area contributed by atoms with Crippen molar-refractivity contribution in [3.8, 4) is 0 Å². The Bertz CT molecular complexity index is 934. The van der Waals surface area contributed by atoms with Gasteiger partial charge in [0, 0.05) is 0 Å². The number of rotatable bonds is 3. The predicted octanol–water partition coefficient (Wildman–Crippen LogP) is 1.03. The standard InChI is InChI=1S/C14H10N2O5/c17-12-13(18)16(7-8-3-2-6-21-8)11-9(14(19)20)4-1-5-10(11)15-12/h1-6H,7H2,(H,15,17)(H,19,20). The van der Waals surface area contributed by atoms with Crippen molar-refractivity contribution >= 4 is 17.0 Å². The van der Waals surface area contributed by atoms with Crippen LogP contribution in [0.1, 0.15) is 16.1 Å². The van der Waals surface area contributed by atoms with Gasteiger partial charge < -0.3 is 14.5 Å². The maximum atomic E-state index is 12.1. The van der Waals surface area contributed by atoms with E-state index in [0.29, 0.717) is 5.76 Å². The lowest BCUT2D eigenvalue weighted by atomic mass is 10.1. The number of nitrogens with one attached hydrogen (secondary N) is 1. The first kappa shape index (κ1) is 12.9. The Hall–Kier alpha value is -3.09. The molecule has 3 rings (SSSR count). The average molecular weight is 286 g/mol. The highest BCUT2D eigenvalue weighted by atomic mass is 16.4. The molecule has 2 aromatic heterocycles. The summed E-state index contributed by atoms with van der Waals surface area (Å²) < 4.78 is 6.27. The molecule has 0 fully saturated rings. The summed E-state index contributed by atoms with van der Waals surface area (Å²) >= 11 is 0. The van der Waals surface area contributed by atoms with Crippen molar-refractivity contribution in [2.24, 2.45) is 0 Å². The Morgan fingerprint density at radius 3 is 2.71 bits per heavy atom. The summed E-state index contributed by atoms with van der Waals surface area (Å²) in [6, 6.07) is 7.71. The fourth-order valence-electron chi connectivity index (χ4n) is 2.22. The Kier molecular flexibility index (Phi) is 2.94. The SMILES string of the molecule is O=C(O)c1cccc2[nH]c(=O)c(=O)n(Cc3ccco3)c12. The van der Waals surface area contributed by atoms with Gasteiger partial charge in [-0.25, -0.2) is 4.79 Å². The van der Waals surface area contributed by atoms with Crippen LogP contribution in [0, 0.1) is 0 Å². The van der Waals surface area contributed by atoms with E-state index in [1.54, 1.807) is 18.2 Å². The number of aromatic nitrogens is 2. The van der Waals surface area contributed by atoms with Crippen molar-refractivity contribution in [1.82, 2.24) is 9.55 Å². The fraction of sp³-hybridized carbons (Fsp3) is 0.0714. The lowest BCUT2D eigenvalue weighted by Gasteiger charge is -2.10. The first-order valence-electron chi connectivity index (χ1n) is 6.09. The molecular weight excluding hydrogens is 276 g/mol. The number of hydrogen-bond donors (Lipinski definition) is 2. The van der Waals surface area contributed by atoms with E-state index < -0.39 is 17.1 Å². The molecular formula is C14H10N2O5. The first-order chi connectivity index (χ1) is 10.1. The maximum Gasteiger partial charge on any atom is 0.337 e. The third-order valence-corrected chi connectivity index (χ3v) is 3.12. The van der Waals surface area contributed by atoms with Crippen LogP contribution in [0.4, 0.5) is 0 Å². The number of hydrogen-bond acceptors (Lipinski definition) is 4. The van der Waals surface area contributed by atoms with Gasteiger partial charge in [0.1, 0.15) is 5.76 Å². The van der Waals surface area contributed by atoms with Gasteiger partial charge in [0.25, 0.3) is 0 Å². The molecule has 0 amide bonds. The van der Waals surface area contributed by atoms with E-state index in [9.17, 15) is 19.5 Å². The fourth-order valence-corrected chi connectivity index (χ4v) is 2.22. The highest BCUT2D eigenvalue weighted by Gasteiger charge is 2.16. The lowest BCUT2D eigenvalue weighted by molar-refractivity contribution is 0.0698. The normalized spacial score (nSPS) is 10.9. The van der Waals surface area contributed by atoms with Crippen molar-refractivity contribution in [3.05, 3.63) is 68.6 Å². The third kappa shape index (κ3) is 2.14. The molecule has 0 radical (unpaired) electrons. The van der Waals surface area contributed by atoms with Gasteiger partial charge in [-0.1, -0.05) is 6.07 Å². The largest absolute Gasteiger partial charge is 0.478 e. The number of carboxylic acid groups (broad SMARTS) is 1. The third-order valence-electron chi connectivity index (χ3n) is 3.12. The predicted molar refractivity (Wildman–Crippen MR) is 73.6 cm³/mol. The zero-order valence-corrected chi connectivity index (χ0v) is 10.7. The van der Waals surface area contributed by atoms with Gasteiger partial charge in [-0.05, 0) is 24.3 Å². The Morgan fingerprint density at radius 2 is 2.05 bits per heavy atom. The van der Waals surface area contributed by atoms with E-state index in [2.05, 4.69) is 4.98 Å². The monoisotopic (exact) mass is 286 g/mol. The van der Waals surface area contributed by atoms with Crippen molar-refractivity contribution in [3.63, 3.8) is 0 Å². The second kappa shape index (κ2) is 4.78. The van der Waals surface area contributed by atoms with Gasteiger partial charge in [-0.3, -0.25) is 14.2 Å². The number of aromatic amines is 1. The summed E-state index contributed by atoms with van der Waals surface area (Å²) in [4.78, 5) is 37.5. The molecule has 106 valence electrons. The highest BCUT2D eigenvalue weighted by Crippen LogP contribution is 2.16. The van der Waals surface area contributed by atoms with Crippen LogP contribution in [0.15, 0.2) is 50.6 Å². The van der Waals surface area contributed by atoms with Gasteiger partial charge in [-0.15, -0.1) is 0 Å². The summed E-state index contributed by atoms with van der Waals surface area (Å²) in [6.07, 6.45) is 1.44. The lowest BCUT2D eigenvalue weighted by Crippen LogP contribution is -2.37. The number of carboxylic acids is 1. The summed E-state index contributed by atoms with van der Waals surface area (Å²) in [5, 5.41) is 9.26. The minimum Gasteiger partial charge on any atom is -0.478 e. The molecule has 7 nitrogen and oxygen atoms in total. The topological polar surface area (TPSA) is 105 Å². The zero-order valence-electron chi connectivity index (χ0n) is 10.7. The molecule has 0 saturated heterocycles. The molecule has 2 heterocycles. The maximum absolute atomic E-state index is 12.1. The Labute approximate surface area is 117 Å². The van der Waals surface area contributed by atoms with Crippen LogP contribution in [-0.4, -0.2) is 20.6 Å². The average Bonchev–Trinajstić information content (AvgIpc) is 2.96. The van der Waals surface area contributed by atoms with E-state index in [0.717, 1.165) is 4.57 Å². The Morgan fingerprint density at radius 1 is 1.24 bits per heavy atom. The number of furan rings is 1. The molecule has 1 aromatic carbocycles. The van der Waals surface area contributed by atoms with Gasteiger partial charge in [0.05, 0.1) is 29.4 Å². The summed E-state index contributed by atoms with van der Waals surface area (Å²) in [7, 11) is 0. The number of fused-ring (bicyclic) bond motifs is 1. The molecule has 0 aliphatic heterocycles. The van der Waals surface area contributed by atoms with Gasteiger partial charge in [0.15, 0.2) is 0 Å². The van der Waals surface area contributed by atoms with Crippen LogP contribution in [0.3, 0.4) is 0 Å². The van der Waals surface area contributed by atoms with E-state index in [1.807, 2.05) is 0 Å². The van der Waals surface area contributed by atoms with Crippen LogP contribution < -0.4 is 11.1 Å². The van der Waals surface area contributed by atoms with Crippen molar-refractivity contribution < 1.29 is 14.3 Å². The molecule has 0 unspecified atom stereocenters.